The summed E-state index contributed by atoms with van der Waals surface area (Å²) in [5.41, 5.74) is -0.253. The Kier molecular flexibility index (Phi) is 6.04. The van der Waals surface area contributed by atoms with Crippen molar-refractivity contribution in [3.05, 3.63) is 24.3 Å². The summed E-state index contributed by atoms with van der Waals surface area (Å²) in [4.78, 5) is 26.4. The number of morpholine rings is 1. The molecule has 2 saturated heterocycles. The van der Waals surface area contributed by atoms with Gasteiger partial charge in [-0.25, -0.2) is 8.42 Å². The second-order valence-electron chi connectivity index (χ2n) is 7.33. The molecule has 2 aliphatic rings. The number of benzene rings is 1. The van der Waals surface area contributed by atoms with Gasteiger partial charge in [-0.15, -0.1) is 0 Å². The molecule has 2 amide bonds. The number of nitrogens with zero attached hydrogens (tertiary/aromatic N) is 2. The van der Waals surface area contributed by atoms with Gasteiger partial charge in [0.1, 0.15) is 0 Å². The SMILES string of the molecule is CC1(C)C(=O)NCCN1CC(=O)Nc1ccc(S(=O)(=O)N2CCOCC2)cc1. The number of rotatable bonds is 5. The van der Waals surface area contributed by atoms with Crippen molar-refractivity contribution in [3.8, 4) is 0 Å². The van der Waals surface area contributed by atoms with Crippen LogP contribution < -0.4 is 10.6 Å². The molecule has 0 aliphatic carbocycles. The van der Waals surface area contributed by atoms with Gasteiger partial charge in [0, 0.05) is 31.9 Å². The lowest BCUT2D eigenvalue weighted by molar-refractivity contribution is -0.136. The summed E-state index contributed by atoms with van der Waals surface area (Å²) >= 11 is 0. The number of carbonyl (C=O) groups is 2. The van der Waals surface area contributed by atoms with E-state index in [2.05, 4.69) is 10.6 Å². The van der Waals surface area contributed by atoms with Gasteiger partial charge in [0.25, 0.3) is 0 Å². The van der Waals surface area contributed by atoms with Crippen LogP contribution in [0.4, 0.5) is 5.69 Å². The van der Waals surface area contributed by atoms with Crippen LogP contribution >= 0.6 is 0 Å². The first kappa shape index (κ1) is 20.7. The normalized spacial score (nSPS) is 21.1. The molecule has 2 heterocycles. The van der Waals surface area contributed by atoms with Gasteiger partial charge in [-0.05, 0) is 38.1 Å². The number of hydrogen-bond acceptors (Lipinski definition) is 6. The molecule has 0 unspecified atom stereocenters. The smallest absolute Gasteiger partial charge is 0.243 e. The third-order valence-electron chi connectivity index (χ3n) is 5.09. The highest BCUT2D eigenvalue weighted by atomic mass is 32.2. The Morgan fingerprint density at radius 3 is 2.46 bits per heavy atom. The summed E-state index contributed by atoms with van der Waals surface area (Å²) in [6.45, 7) is 6.16. The maximum atomic E-state index is 12.6. The van der Waals surface area contributed by atoms with Gasteiger partial charge in [0.2, 0.25) is 21.8 Å². The molecular weight excluding hydrogens is 384 g/mol. The highest BCUT2D eigenvalue weighted by Gasteiger charge is 2.38. The number of sulfonamides is 1. The van der Waals surface area contributed by atoms with Crippen LogP contribution in [0.5, 0.6) is 0 Å². The van der Waals surface area contributed by atoms with E-state index in [9.17, 15) is 18.0 Å². The summed E-state index contributed by atoms with van der Waals surface area (Å²) in [6.07, 6.45) is 0. The molecule has 154 valence electrons. The van der Waals surface area contributed by atoms with Crippen LogP contribution in [0, 0.1) is 0 Å². The lowest BCUT2D eigenvalue weighted by atomic mass is 9.99. The quantitative estimate of drug-likeness (QED) is 0.699. The Hall–Kier alpha value is -2.01. The third kappa shape index (κ3) is 4.35. The summed E-state index contributed by atoms with van der Waals surface area (Å²) in [5, 5.41) is 5.55. The number of ether oxygens (including phenoxy) is 1. The zero-order valence-corrected chi connectivity index (χ0v) is 16.9. The predicted octanol–water partition coefficient (Wildman–Crippen LogP) is -0.144. The average Bonchev–Trinajstić information content (AvgIpc) is 2.67. The molecule has 0 saturated carbocycles. The summed E-state index contributed by atoms with van der Waals surface area (Å²) < 4.78 is 31.8. The van der Waals surface area contributed by atoms with Crippen molar-refractivity contribution in [2.24, 2.45) is 0 Å². The number of piperazine rings is 1. The van der Waals surface area contributed by atoms with Gasteiger partial charge in [-0.3, -0.25) is 14.5 Å². The van der Waals surface area contributed by atoms with Crippen molar-refractivity contribution < 1.29 is 22.7 Å². The average molecular weight is 410 g/mol. The zero-order chi connectivity index (χ0) is 20.4. The maximum absolute atomic E-state index is 12.6. The molecule has 0 spiro atoms. The van der Waals surface area contributed by atoms with Gasteiger partial charge in [0.15, 0.2) is 0 Å². The van der Waals surface area contributed by atoms with Gasteiger partial charge >= 0.3 is 0 Å². The number of hydrogen-bond donors (Lipinski definition) is 2. The van der Waals surface area contributed by atoms with E-state index in [-0.39, 0.29) is 23.3 Å². The van der Waals surface area contributed by atoms with Crippen LogP contribution in [0.15, 0.2) is 29.2 Å². The van der Waals surface area contributed by atoms with Gasteiger partial charge < -0.3 is 15.4 Å². The van der Waals surface area contributed by atoms with Gasteiger partial charge in [-0.2, -0.15) is 4.31 Å². The lowest BCUT2D eigenvalue weighted by Crippen LogP contribution is -2.62. The summed E-state index contributed by atoms with van der Waals surface area (Å²) in [7, 11) is -3.56. The van der Waals surface area contributed by atoms with E-state index in [0.717, 1.165) is 0 Å². The van der Waals surface area contributed by atoms with Crippen LogP contribution in [0.2, 0.25) is 0 Å². The van der Waals surface area contributed by atoms with Gasteiger partial charge in [-0.1, -0.05) is 0 Å². The Morgan fingerprint density at radius 2 is 1.82 bits per heavy atom. The molecule has 0 radical (unpaired) electrons. The van der Waals surface area contributed by atoms with Crippen LogP contribution in [0.1, 0.15) is 13.8 Å². The fourth-order valence-corrected chi connectivity index (χ4v) is 4.65. The maximum Gasteiger partial charge on any atom is 0.243 e. The van der Waals surface area contributed by atoms with Crippen molar-refractivity contribution in [3.63, 3.8) is 0 Å². The van der Waals surface area contributed by atoms with E-state index in [1.165, 1.54) is 16.4 Å². The highest BCUT2D eigenvalue weighted by molar-refractivity contribution is 7.89. The van der Waals surface area contributed by atoms with Crippen LogP contribution in [-0.4, -0.2) is 80.9 Å². The van der Waals surface area contributed by atoms with Crippen LogP contribution in [-0.2, 0) is 24.3 Å². The lowest BCUT2D eigenvalue weighted by Gasteiger charge is -2.40. The standard InChI is InChI=1S/C18H26N4O5S/c1-18(2)17(24)19-7-8-21(18)13-16(23)20-14-3-5-15(6-4-14)28(25,26)22-9-11-27-12-10-22/h3-6H,7-13H2,1-2H3,(H,19,24)(H,20,23). The first-order valence-electron chi connectivity index (χ1n) is 9.22. The molecule has 0 bridgehead atoms. The molecule has 1 aromatic rings. The molecule has 28 heavy (non-hydrogen) atoms. The van der Waals surface area contributed by atoms with Crippen molar-refractivity contribution in [1.82, 2.24) is 14.5 Å². The minimum Gasteiger partial charge on any atom is -0.379 e. The summed E-state index contributed by atoms with van der Waals surface area (Å²) in [5.74, 6) is -0.365. The predicted molar refractivity (Wildman–Crippen MR) is 103 cm³/mol. The number of anilines is 1. The summed E-state index contributed by atoms with van der Waals surface area (Å²) in [6, 6.07) is 6.11. The fourth-order valence-electron chi connectivity index (χ4n) is 3.24. The molecule has 0 aromatic heterocycles. The second kappa shape index (κ2) is 8.16. The van der Waals surface area contributed by atoms with E-state index >= 15 is 0 Å². The van der Waals surface area contributed by atoms with E-state index < -0.39 is 15.6 Å². The minimum absolute atomic E-state index is 0.0776. The zero-order valence-electron chi connectivity index (χ0n) is 16.1. The highest BCUT2D eigenvalue weighted by Crippen LogP contribution is 2.20. The van der Waals surface area contributed by atoms with Crippen molar-refractivity contribution in [1.29, 1.82) is 0 Å². The monoisotopic (exact) mass is 410 g/mol. The topological polar surface area (TPSA) is 108 Å². The molecule has 2 N–H and O–H groups in total. The molecule has 9 nitrogen and oxygen atoms in total. The van der Waals surface area contributed by atoms with E-state index in [4.69, 9.17) is 4.74 Å². The Labute approximate surface area is 165 Å². The fraction of sp³-hybridized carbons (Fsp3) is 0.556. The first-order chi connectivity index (χ1) is 13.2. The number of carbonyl (C=O) groups excluding carboxylic acids is 2. The molecule has 2 fully saturated rings. The van der Waals surface area contributed by atoms with Crippen molar-refractivity contribution in [2.45, 2.75) is 24.3 Å². The van der Waals surface area contributed by atoms with E-state index in [1.54, 1.807) is 26.0 Å². The van der Waals surface area contributed by atoms with E-state index in [1.807, 2.05) is 4.90 Å². The number of nitrogens with one attached hydrogen (secondary N) is 2. The Bertz CT molecular complexity index is 832. The third-order valence-corrected chi connectivity index (χ3v) is 7.01. The Balaban J connectivity index is 1.62. The second-order valence-corrected chi connectivity index (χ2v) is 9.26. The molecule has 0 atom stereocenters. The van der Waals surface area contributed by atoms with Crippen molar-refractivity contribution >= 4 is 27.5 Å². The number of amides is 2. The van der Waals surface area contributed by atoms with Crippen molar-refractivity contribution in [2.75, 3.05) is 51.3 Å². The molecule has 3 rings (SSSR count). The largest absolute Gasteiger partial charge is 0.379 e. The minimum atomic E-state index is -3.56. The van der Waals surface area contributed by atoms with Crippen LogP contribution in [0.25, 0.3) is 0 Å². The van der Waals surface area contributed by atoms with E-state index in [0.29, 0.717) is 45.1 Å². The molecular formula is C18H26N4O5S. The molecule has 2 aliphatic heterocycles. The first-order valence-corrected chi connectivity index (χ1v) is 10.7. The molecule has 1 aromatic carbocycles. The van der Waals surface area contributed by atoms with Gasteiger partial charge in [0.05, 0.1) is 30.2 Å². The van der Waals surface area contributed by atoms with Crippen LogP contribution in [0.3, 0.4) is 0 Å². The Morgan fingerprint density at radius 1 is 1.18 bits per heavy atom. The molecule has 10 heteroatoms.